The minimum atomic E-state index is 0.289. The Hall–Kier alpha value is -2.16. The molecule has 0 aromatic heterocycles. The monoisotopic (exact) mass is 214 g/mol. The Morgan fingerprint density at radius 3 is 2.50 bits per heavy atom. The molecule has 0 spiro atoms. The second-order valence-corrected chi connectivity index (χ2v) is 3.65. The minimum absolute atomic E-state index is 0.289. The van der Waals surface area contributed by atoms with Gasteiger partial charge in [0.25, 0.3) is 0 Å². The Morgan fingerprint density at radius 1 is 1.06 bits per heavy atom. The maximum Gasteiger partial charge on any atom is 0.115 e. The molecule has 0 fully saturated rings. The van der Waals surface area contributed by atoms with Crippen molar-refractivity contribution < 1.29 is 5.11 Å². The number of nitrogens with two attached hydrogens (primary N) is 1. The van der Waals surface area contributed by atoms with E-state index in [9.17, 15) is 5.11 Å². The van der Waals surface area contributed by atoms with E-state index in [4.69, 9.17) is 5.73 Å². The summed E-state index contributed by atoms with van der Waals surface area (Å²) in [7, 11) is 0. The lowest BCUT2D eigenvalue weighted by atomic mass is 10.2. The van der Waals surface area contributed by atoms with Crippen molar-refractivity contribution in [3.05, 3.63) is 54.1 Å². The molecular weight excluding hydrogens is 200 g/mol. The summed E-state index contributed by atoms with van der Waals surface area (Å²) in [6, 6.07) is 14.8. The second kappa shape index (κ2) is 4.57. The van der Waals surface area contributed by atoms with Crippen LogP contribution in [0.4, 0.5) is 11.4 Å². The van der Waals surface area contributed by atoms with Gasteiger partial charge in [-0.2, -0.15) is 0 Å². The first-order chi connectivity index (χ1) is 7.74. The third kappa shape index (κ3) is 2.67. The summed E-state index contributed by atoms with van der Waals surface area (Å²) in [6.07, 6.45) is 0. The maximum absolute atomic E-state index is 9.30. The van der Waals surface area contributed by atoms with Crippen LogP contribution in [0.3, 0.4) is 0 Å². The van der Waals surface area contributed by atoms with Gasteiger partial charge in [-0.1, -0.05) is 12.1 Å². The Balaban J connectivity index is 1.99. The van der Waals surface area contributed by atoms with E-state index in [2.05, 4.69) is 5.32 Å². The average molecular weight is 214 g/mol. The van der Waals surface area contributed by atoms with Gasteiger partial charge in [-0.25, -0.2) is 0 Å². The summed E-state index contributed by atoms with van der Waals surface area (Å²) in [5, 5.41) is 12.6. The van der Waals surface area contributed by atoms with Crippen molar-refractivity contribution >= 4 is 11.4 Å². The molecule has 0 atom stereocenters. The van der Waals surface area contributed by atoms with Crippen LogP contribution >= 0.6 is 0 Å². The zero-order valence-corrected chi connectivity index (χ0v) is 8.85. The number of phenols is 1. The molecule has 16 heavy (non-hydrogen) atoms. The highest BCUT2D eigenvalue weighted by atomic mass is 16.3. The summed E-state index contributed by atoms with van der Waals surface area (Å²) in [5.41, 5.74) is 8.40. The average Bonchev–Trinajstić information content (AvgIpc) is 2.28. The van der Waals surface area contributed by atoms with Crippen molar-refractivity contribution in [2.24, 2.45) is 0 Å². The second-order valence-electron chi connectivity index (χ2n) is 3.65. The van der Waals surface area contributed by atoms with Crippen LogP contribution in [0, 0.1) is 0 Å². The van der Waals surface area contributed by atoms with Gasteiger partial charge in [-0.3, -0.25) is 0 Å². The smallest absolute Gasteiger partial charge is 0.115 e. The number of nitrogens with one attached hydrogen (secondary N) is 1. The lowest BCUT2D eigenvalue weighted by Crippen LogP contribution is -1.99. The van der Waals surface area contributed by atoms with Gasteiger partial charge in [0.1, 0.15) is 5.75 Å². The van der Waals surface area contributed by atoms with E-state index in [-0.39, 0.29) is 5.75 Å². The van der Waals surface area contributed by atoms with Crippen LogP contribution in [0.2, 0.25) is 0 Å². The van der Waals surface area contributed by atoms with E-state index in [1.807, 2.05) is 36.4 Å². The van der Waals surface area contributed by atoms with Crippen molar-refractivity contribution in [3.8, 4) is 5.75 Å². The molecule has 3 heteroatoms. The van der Waals surface area contributed by atoms with Crippen molar-refractivity contribution in [3.63, 3.8) is 0 Å². The molecule has 2 aromatic rings. The van der Waals surface area contributed by atoms with E-state index >= 15 is 0 Å². The summed E-state index contributed by atoms with van der Waals surface area (Å²) < 4.78 is 0. The molecule has 4 N–H and O–H groups in total. The lowest BCUT2D eigenvalue weighted by Gasteiger charge is -2.06. The number of rotatable bonds is 3. The largest absolute Gasteiger partial charge is 0.508 e. The van der Waals surface area contributed by atoms with E-state index in [1.165, 1.54) is 0 Å². The van der Waals surface area contributed by atoms with Crippen molar-refractivity contribution in [1.29, 1.82) is 0 Å². The van der Waals surface area contributed by atoms with Crippen LogP contribution in [0.25, 0.3) is 0 Å². The van der Waals surface area contributed by atoms with Crippen LogP contribution in [0.15, 0.2) is 48.5 Å². The van der Waals surface area contributed by atoms with Crippen LogP contribution in [0.1, 0.15) is 5.56 Å². The van der Waals surface area contributed by atoms with Crippen LogP contribution in [0.5, 0.6) is 5.75 Å². The molecule has 0 aliphatic carbocycles. The van der Waals surface area contributed by atoms with Crippen molar-refractivity contribution in [2.45, 2.75) is 6.54 Å². The number of benzene rings is 2. The fourth-order valence-electron chi connectivity index (χ4n) is 1.47. The van der Waals surface area contributed by atoms with Crippen LogP contribution in [-0.4, -0.2) is 5.11 Å². The molecule has 0 radical (unpaired) electrons. The summed E-state index contributed by atoms with van der Waals surface area (Å²) in [4.78, 5) is 0. The molecule has 0 heterocycles. The molecule has 0 saturated carbocycles. The number of hydrogen-bond donors (Lipinski definition) is 3. The van der Waals surface area contributed by atoms with Gasteiger partial charge in [0, 0.05) is 17.9 Å². The zero-order chi connectivity index (χ0) is 11.4. The Labute approximate surface area is 94.5 Å². The molecule has 0 amide bonds. The topological polar surface area (TPSA) is 58.3 Å². The normalized spacial score (nSPS) is 10.0. The fourth-order valence-corrected chi connectivity index (χ4v) is 1.47. The number of anilines is 2. The third-order valence-corrected chi connectivity index (χ3v) is 2.32. The van der Waals surface area contributed by atoms with Gasteiger partial charge in [0.05, 0.1) is 0 Å². The standard InChI is InChI=1S/C13H14N2O/c14-11-4-6-12(7-5-11)15-9-10-2-1-3-13(16)8-10/h1-8,15-16H,9,14H2. The molecule has 3 nitrogen and oxygen atoms in total. The van der Waals surface area contributed by atoms with Gasteiger partial charge in [-0.05, 0) is 42.0 Å². The molecule has 2 rings (SSSR count). The quantitative estimate of drug-likeness (QED) is 0.688. The molecule has 0 unspecified atom stereocenters. The maximum atomic E-state index is 9.30. The van der Waals surface area contributed by atoms with Gasteiger partial charge in [0.2, 0.25) is 0 Å². The number of nitrogen functional groups attached to an aromatic ring is 1. The molecule has 0 bridgehead atoms. The highest BCUT2D eigenvalue weighted by Crippen LogP contribution is 2.14. The minimum Gasteiger partial charge on any atom is -0.508 e. The SMILES string of the molecule is Nc1ccc(NCc2cccc(O)c2)cc1. The van der Waals surface area contributed by atoms with E-state index in [0.29, 0.717) is 6.54 Å². The Bertz CT molecular complexity index is 466. The van der Waals surface area contributed by atoms with Crippen LogP contribution in [-0.2, 0) is 6.54 Å². The van der Waals surface area contributed by atoms with Gasteiger partial charge in [-0.15, -0.1) is 0 Å². The summed E-state index contributed by atoms with van der Waals surface area (Å²) in [5.74, 6) is 0.289. The first kappa shape index (κ1) is 10.4. The first-order valence-electron chi connectivity index (χ1n) is 5.11. The molecule has 2 aromatic carbocycles. The molecule has 82 valence electrons. The number of aromatic hydroxyl groups is 1. The van der Waals surface area contributed by atoms with Crippen molar-refractivity contribution in [1.82, 2.24) is 0 Å². The molecule has 0 saturated heterocycles. The van der Waals surface area contributed by atoms with E-state index in [0.717, 1.165) is 16.9 Å². The first-order valence-corrected chi connectivity index (χ1v) is 5.11. The molecule has 0 aliphatic rings. The molecule has 0 aliphatic heterocycles. The molecular formula is C13H14N2O. The highest BCUT2D eigenvalue weighted by molar-refractivity contribution is 5.51. The lowest BCUT2D eigenvalue weighted by molar-refractivity contribution is 0.474. The number of phenolic OH excluding ortho intramolecular Hbond substituents is 1. The van der Waals surface area contributed by atoms with Crippen molar-refractivity contribution in [2.75, 3.05) is 11.1 Å². The van der Waals surface area contributed by atoms with Gasteiger partial charge in [0.15, 0.2) is 0 Å². The Morgan fingerprint density at radius 2 is 1.81 bits per heavy atom. The van der Waals surface area contributed by atoms with E-state index < -0.39 is 0 Å². The fraction of sp³-hybridized carbons (Fsp3) is 0.0769. The van der Waals surface area contributed by atoms with Gasteiger partial charge >= 0.3 is 0 Å². The summed E-state index contributed by atoms with van der Waals surface area (Å²) >= 11 is 0. The Kier molecular flexibility index (Phi) is 2.96. The highest BCUT2D eigenvalue weighted by Gasteiger charge is 1.95. The van der Waals surface area contributed by atoms with Crippen LogP contribution < -0.4 is 11.1 Å². The third-order valence-electron chi connectivity index (χ3n) is 2.32. The number of hydrogen-bond acceptors (Lipinski definition) is 3. The van der Waals surface area contributed by atoms with Gasteiger partial charge < -0.3 is 16.2 Å². The predicted molar refractivity (Wildman–Crippen MR) is 66.3 cm³/mol. The van der Waals surface area contributed by atoms with E-state index in [1.54, 1.807) is 12.1 Å². The zero-order valence-electron chi connectivity index (χ0n) is 8.85. The summed E-state index contributed by atoms with van der Waals surface area (Å²) in [6.45, 7) is 0.679. The predicted octanol–water partition coefficient (Wildman–Crippen LogP) is 2.59.